The van der Waals surface area contributed by atoms with Crippen molar-refractivity contribution in [1.29, 1.82) is 0 Å². The highest BCUT2D eigenvalue weighted by atomic mass is 35.5. The summed E-state index contributed by atoms with van der Waals surface area (Å²) < 4.78 is 0. The van der Waals surface area contributed by atoms with Gasteiger partial charge in [0.25, 0.3) is 0 Å². The topological polar surface area (TPSA) is 40.2 Å². The van der Waals surface area contributed by atoms with Crippen molar-refractivity contribution in [2.75, 3.05) is 24.3 Å². The quantitative estimate of drug-likeness (QED) is 0.433. The summed E-state index contributed by atoms with van der Waals surface area (Å²) in [5.74, 6) is 0. The van der Waals surface area contributed by atoms with Crippen LogP contribution in [-0.4, -0.2) is 31.2 Å². The summed E-state index contributed by atoms with van der Waals surface area (Å²) in [6.07, 6.45) is 6.78. The molecule has 0 radical (unpaired) electrons. The summed E-state index contributed by atoms with van der Waals surface area (Å²) in [7, 11) is 4.14. The van der Waals surface area contributed by atoms with Gasteiger partial charge in [0, 0.05) is 60.7 Å². The number of nitrogens with one attached hydrogen (secondary N) is 2. The Morgan fingerprint density at radius 2 is 1.68 bits per heavy atom. The third kappa shape index (κ3) is 6.39. The van der Waals surface area contributed by atoms with Crippen LogP contribution in [0.4, 0.5) is 11.4 Å². The zero-order valence-electron chi connectivity index (χ0n) is 18.0. The molecular weight excluding hydrogens is 451 g/mol. The third-order valence-corrected chi connectivity index (χ3v) is 6.07. The minimum Gasteiger partial charge on any atom is -0.380 e. The molecule has 0 bridgehead atoms. The van der Waals surface area contributed by atoms with Crippen molar-refractivity contribution in [3.63, 3.8) is 0 Å². The first-order chi connectivity index (χ1) is 14.1. The van der Waals surface area contributed by atoms with Crippen LogP contribution in [-0.2, 0) is 6.54 Å². The maximum atomic E-state index is 6.14. The van der Waals surface area contributed by atoms with Gasteiger partial charge in [-0.15, -0.1) is 24.8 Å². The van der Waals surface area contributed by atoms with Crippen LogP contribution in [0.3, 0.4) is 0 Å². The number of anilines is 2. The van der Waals surface area contributed by atoms with Crippen molar-refractivity contribution in [2.45, 2.75) is 44.3 Å². The van der Waals surface area contributed by atoms with Crippen molar-refractivity contribution >= 4 is 58.7 Å². The predicted octanol–water partition coefficient (Wildman–Crippen LogP) is 6.31. The van der Waals surface area contributed by atoms with Crippen molar-refractivity contribution in [3.8, 4) is 0 Å². The molecule has 4 rings (SSSR count). The molecule has 2 atom stereocenters. The van der Waals surface area contributed by atoms with E-state index in [1.807, 2.05) is 18.3 Å². The van der Waals surface area contributed by atoms with Gasteiger partial charge in [0.15, 0.2) is 0 Å². The van der Waals surface area contributed by atoms with Gasteiger partial charge in [-0.25, -0.2) is 0 Å². The van der Waals surface area contributed by atoms with Crippen LogP contribution in [0.1, 0.15) is 31.2 Å². The van der Waals surface area contributed by atoms with Gasteiger partial charge in [-0.2, -0.15) is 0 Å². The lowest BCUT2D eigenvalue weighted by atomic mass is 9.89. The fourth-order valence-electron chi connectivity index (χ4n) is 4.16. The second-order valence-corrected chi connectivity index (χ2v) is 8.54. The molecule has 1 aliphatic carbocycles. The molecule has 1 aliphatic rings. The molecule has 0 spiro atoms. The number of hydrogen-bond donors (Lipinski definition) is 2. The molecule has 7 heteroatoms. The van der Waals surface area contributed by atoms with E-state index in [2.05, 4.69) is 71.0 Å². The highest BCUT2D eigenvalue weighted by Crippen LogP contribution is 2.28. The van der Waals surface area contributed by atoms with Gasteiger partial charge in [0.05, 0.1) is 5.52 Å². The molecule has 0 saturated heterocycles. The first-order valence-corrected chi connectivity index (χ1v) is 10.8. The molecule has 2 aromatic carbocycles. The number of nitrogens with zero attached hydrogens (tertiary/aromatic N) is 2. The Balaban J connectivity index is 0.00000171. The maximum Gasteiger partial charge on any atom is 0.0737 e. The number of halogens is 3. The molecule has 0 amide bonds. The molecular formula is C24H31Cl3N4. The zero-order chi connectivity index (χ0) is 20.2. The SMILES string of the molecule is CN(C)c1ccc(CN[C@H]2CCCC[C@@H]2Nc2ccnc3cc(Cl)ccc23)cc1.Cl.Cl. The van der Waals surface area contributed by atoms with Gasteiger partial charge in [0.2, 0.25) is 0 Å². The zero-order valence-corrected chi connectivity index (χ0v) is 20.4. The minimum absolute atomic E-state index is 0. The lowest BCUT2D eigenvalue weighted by Crippen LogP contribution is -2.45. The monoisotopic (exact) mass is 480 g/mol. The van der Waals surface area contributed by atoms with Crippen molar-refractivity contribution in [2.24, 2.45) is 0 Å². The first kappa shape index (κ1) is 25.5. The van der Waals surface area contributed by atoms with Crippen LogP contribution in [0.2, 0.25) is 5.02 Å². The van der Waals surface area contributed by atoms with E-state index < -0.39 is 0 Å². The normalized spacial score (nSPS) is 18.0. The van der Waals surface area contributed by atoms with E-state index in [-0.39, 0.29) is 24.8 Å². The molecule has 0 aliphatic heterocycles. The second-order valence-electron chi connectivity index (χ2n) is 8.10. The van der Waals surface area contributed by atoms with E-state index in [0.29, 0.717) is 12.1 Å². The van der Waals surface area contributed by atoms with Crippen LogP contribution in [0.15, 0.2) is 54.7 Å². The van der Waals surface area contributed by atoms with Crippen LogP contribution >= 0.6 is 36.4 Å². The molecule has 1 fully saturated rings. The Bertz CT molecular complexity index is 963. The summed E-state index contributed by atoms with van der Waals surface area (Å²) in [5, 5.41) is 9.45. The maximum absolute atomic E-state index is 6.14. The number of pyridine rings is 1. The molecule has 168 valence electrons. The van der Waals surface area contributed by atoms with Crippen LogP contribution in [0.5, 0.6) is 0 Å². The number of fused-ring (bicyclic) bond motifs is 1. The van der Waals surface area contributed by atoms with E-state index in [1.54, 1.807) is 0 Å². The van der Waals surface area contributed by atoms with Crippen LogP contribution in [0, 0.1) is 0 Å². The highest BCUT2D eigenvalue weighted by Gasteiger charge is 2.25. The summed E-state index contributed by atoms with van der Waals surface area (Å²) in [6, 6.07) is 17.7. The van der Waals surface area contributed by atoms with Crippen LogP contribution < -0.4 is 15.5 Å². The fraction of sp³-hybridized carbons (Fsp3) is 0.375. The van der Waals surface area contributed by atoms with Crippen molar-refractivity contribution in [1.82, 2.24) is 10.3 Å². The molecule has 1 saturated carbocycles. The van der Waals surface area contributed by atoms with E-state index in [9.17, 15) is 0 Å². The number of benzene rings is 2. The number of rotatable bonds is 6. The Morgan fingerprint density at radius 1 is 0.968 bits per heavy atom. The van der Waals surface area contributed by atoms with Gasteiger partial charge in [-0.1, -0.05) is 36.6 Å². The van der Waals surface area contributed by atoms with E-state index in [1.165, 1.54) is 36.9 Å². The average molecular weight is 482 g/mol. The molecule has 1 aromatic heterocycles. The summed E-state index contributed by atoms with van der Waals surface area (Å²) in [6.45, 7) is 0.892. The summed E-state index contributed by atoms with van der Waals surface area (Å²) in [5.41, 5.74) is 4.63. The van der Waals surface area contributed by atoms with Gasteiger partial charge < -0.3 is 15.5 Å². The minimum atomic E-state index is 0. The molecule has 31 heavy (non-hydrogen) atoms. The fourth-order valence-corrected chi connectivity index (χ4v) is 4.32. The van der Waals surface area contributed by atoms with Gasteiger partial charge >= 0.3 is 0 Å². The largest absolute Gasteiger partial charge is 0.380 e. The van der Waals surface area contributed by atoms with E-state index in [0.717, 1.165) is 28.2 Å². The van der Waals surface area contributed by atoms with Crippen molar-refractivity contribution in [3.05, 3.63) is 65.3 Å². The lowest BCUT2D eigenvalue weighted by molar-refractivity contribution is 0.342. The van der Waals surface area contributed by atoms with E-state index in [4.69, 9.17) is 11.6 Å². The summed E-state index contributed by atoms with van der Waals surface area (Å²) in [4.78, 5) is 6.60. The molecule has 3 aromatic rings. The second kappa shape index (κ2) is 11.8. The Kier molecular flexibility index (Phi) is 9.70. The smallest absolute Gasteiger partial charge is 0.0737 e. The van der Waals surface area contributed by atoms with E-state index >= 15 is 0 Å². The Labute approximate surface area is 202 Å². The predicted molar refractivity (Wildman–Crippen MR) is 139 cm³/mol. The van der Waals surface area contributed by atoms with Crippen LogP contribution in [0.25, 0.3) is 10.9 Å². The highest BCUT2D eigenvalue weighted by molar-refractivity contribution is 6.31. The van der Waals surface area contributed by atoms with Crippen molar-refractivity contribution < 1.29 is 0 Å². The van der Waals surface area contributed by atoms with Gasteiger partial charge in [-0.3, -0.25) is 4.98 Å². The number of hydrogen-bond acceptors (Lipinski definition) is 4. The van der Waals surface area contributed by atoms with Gasteiger partial charge in [-0.05, 0) is 54.8 Å². The molecule has 0 unspecified atom stereocenters. The Morgan fingerprint density at radius 3 is 2.39 bits per heavy atom. The Hall–Kier alpha value is -1.72. The third-order valence-electron chi connectivity index (χ3n) is 5.83. The molecule has 4 nitrogen and oxygen atoms in total. The lowest BCUT2D eigenvalue weighted by Gasteiger charge is -2.34. The molecule has 2 N–H and O–H groups in total. The average Bonchev–Trinajstić information content (AvgIpc) is 2.73. The summed E-state index contributed by atoms with van der Waals surface area (Å²) >= 11 is 6.14. The number of aromatic nitrogens is 1. The molecule has 1 heterocycles. The standard InChI is InChI=1S/C24H29ClN4.2ClH/c1-29(2)19-10-7-17(8-11-19)16-27-22-5-3-4-6-23(22)28-21-13-14-26-24-15-18(25)9-12-20(21)24;;/h7-15,22-23,27H,3-6,16H2,1-2H3,(H,26,28);2*1H/t22-,23-;;/m0../s1. The van der Waals surface area contributed by atoms with Gasteiger partial charge in [0.1, 0.15) is 0 Å². The first-order valence-electron chi connectivity index (χ1n) is 10.4.